The van der Waals surface area contributed by atoms with Crippen LogP contribution in [0.2, 0.25) is 0 Å². The Balaban J connectivity index is 1.95. The van der Waals surface area contributed by atoms with Gasteiger partial charge >= 0.3 is 0 Å². The van der Waals surface area contributed by atoms with E-state index in [-0.39, 0.29) is 29.7 Å². The molecule has 31 heavy (non-hydrogen) atoms. The van der Waals surface area contributed by atoms with Gasteiger partial charge in [0.25, 0.3) is 0 Å². The minimum atomic E-state index is -0.331. The Morgan fingerprint density at radius 1 is 1.16 bits per heavy atom. The monoisotopic (exact) mass is 435 g/mol. The van der Waals surface area contributed by atoms with Crippen molar-refractivity contribution in [2.45, 2.75) is 37.6 Å². The second kappa shape index (κ2) is 8.42. The van der Waals surface area contributed by atoms with E-state index in [1.54, 1.807) is 18.8 Å². The summed E-state index contributed by atoms with van der Waals surface area (Å²) in [5.41, 5.74) is 4.49. The zero-order chi connectivity index (χ0) is 22.2. The van der Waals surface area contributed by atoms with Gasteiger partial charge in [0.15, 0.2) is 5.78 Å². The summed E-state index contributed by atoms with van der Waals surface area (Å²) in [6.45, 7) is 4.44. The average molecular weight is 436 g/mol. The number of benzene rings is 2. The van der Waals surface area contributed by atoms with Gasteiger partial charge in [0.05, 0.1) is 24.0 Å². The molecule has 2 aromatic rings. The van der Waals surface area contributed by atoms with Gasteiger partial charge in [0.2, 0.25) is 5.91 Å². The highest BCUT2D eigenvalue weighted by molar-refractivity contribution is 7.98. The van der Waals surface area contributed by atoms with Gasteiger partial charge in [-0.3, -0.25) is 9.59 Å². The first kappa shape index (κ1) is 21.5. The van der Waals surface area contributed by atoms with Crippen LogP contribution in [-0.4, -0.2) is 31.5 Å². The topological polar surface area (TPSA) is 61.4 Å². The van der Waals surface area contributed by atoms with Crippen LogP contribution in [0, 0.1) is 5.41 Å². The molecule has 1 aliphatic heterocycles. The fraction of sp³-hybridized carbons (Fsp3) is 0.360. The van der Waals surface area contributed by atoms with Crippen molar-refractivity contribution >= 4 is 34.8 Å². The van der Waals surface area contributed by atoms with Gasteiger partial charge in [-0.1, -0.05) is 38.1 Å². The molecule has 2 aliphatic rings. The molecule has 2 aromatic carbocycles. The van der Waals surface area contributed by atoms with Crippen LogP contribution in [0.5, 0.6) is 0 Å². The average Bonchev–Trinajstić information content (AvgIpc) is 2.87. The van der Waals surface area contributed by atoms with Crippen LogP contribution in [0.25, 0.3) is 0 Å². The van der Waals surface area contributed by atoms with E-state index in [1.807, 2.05) is 30.5 Å². The number of fused-ring (bicyclic) bond motifs is 1. The molecule has 6 heteroatoms. The Labute approximate surface area is 188 Å². The van der Waals surface area contributed by atoms with Gasteiger partial charge < -0.3 is 15.5 Å². The van der Waals surface area contributed by atoms with Crippen molar-refractivity contribution in [2.75, 3.05) is 30.1 Å². The fourth-order valence-corrected chi connectivity index (χ4v) is 5.00. The number of hydrogen-bond acceptors (Lipinski definition) is 5. The zero-order valence-electron chi connectivity index (χ0n) is 18.5. The Morgan fingerprint density at radius 3 is 2.55 bits per heavy atom. The number of rotatable bonds is 4. The molecule has 0 saturated heterocycles. The van der Waals surface area contributed by atoms with Crippen LogP contribution in [0.15, 0.2) is 64.7 Å². The Kier molecular flexibility index (Phi) is 5.84. The molecule has 162 valence electrons. The van der Waals surface area contributed by atoms with Crippen molar-refractivity contribution < 1.29 is 9.59 Å². The lowest BCUT2D eigenvalue weighted by atomic mass is 9.73. The summed E-state index contributed by atoms with van der Waals surface area (Å²) in [5.74, 6) is 0.0561. The van der Waals surface area contributed by atoms with Gasteiger partial charge in [-0.05, 0) is 47.9 Å². The smallest absolute Gasteiger partial charge is 0.239 e. The number of amides is 1. The molecule has 0 aromatic heterocycles. The van der Waals surface area contributed by atoms with E-state index in [0.717, 1.165) is 34.6 Å². The van der Waals surface area contributed by atoms with E-state index < -0.39 is 0 Å². The SMILES string of the molecule is CNC(=O)CN1c2ccccc2NC2=C(C(=O)CC(C)(C)C2)[C@H]1c1ccc(SC)cc1. The summed E-state index contributed by atoms with van der Waals surface area (Å²) in [5, 5.41) is 6.32. The van der Waals surface area contributed by atoms with E-state index in [2.05, 4.69) is 53.6 Å². The predicted octanol–water partition coefficient (Wildman–Crippen LogP) is 4.77. The molecule has 0 radical (unpaired) electrons. The first-order chi connectivity index (χ1) is 14.8. The zero-order valence-corrected chi connectivity index (χ0v) is 19.3. The molecule has 0 saturated carbocycles. The molecular formula is C25H29N3O2S. The lowest BCUT2D eigenvalue weighted by Crippen LogP contribution is -2.41. The lowest BCUT2D eigenvalue weighted by molar-refractivity contribution is -0.120. The van der Waals surface area contributed by atoms with Crippen LogP contribution in [0.1, 0.15) is 38.3 Å². The van der Waals surface area contributed by atoms with Crippen molar-refractivity contribution in [3.8, 4) is 0 Å². The molecule has 1 atom stereocenters. The molecule has 0 spiro atoms. The fourth-order valence-electron chi connectivity index (χ4n) is 4.59. The molecule has 1 heterocycles. The largest absolute Gasteiger partial charge is 0.358 e. The minimum absolute atomic E-state index is 0.0897. The molecule has 0 unspecified atom stereocenters. The number of likely N-dealkylation sites (N-methyl/N-ethyl adjacent to an activating group) is 1. The second-order valence-electron chi connectivity index (χ2n) is 8.95. The van der Waals surface area contributed by atoms with Crippen molar-refractivity contribution in [1.82, 2.24) is 5.32 Å². The number of thioether (sulfide) groups is 1. The first-order valence-corrected chi connectivity index (χ1v) is 11.8. The number of carbonyl (C=O) groups excluding carboxylic acids is 2. The summed E-state index contributed by atoms with van der Waals surface area (Å²) in [6, 6.07) is 16.0. The Hall–Kier alpha value is -2.73. The van der Waals surface area contributed by atoms with Crippen molar-refractivity contribution in [3.63, 3.8) is 0 Å². The highest BCUT2D eigenvalue weighted by atomic mass is 32.2. The van der Waals surface area contributed by atoms with E-state index in [0.29, 0.717) is 6.42 Å². The number of hydrogen-bond donors (Lipinski definition) is 2. The van der Waals surface area contributed by atoms with Crippen molar-refractivity contribution in [1.29, 1.82) is 0 Å². The maximum atomic E-state index is 13.5. The summed E-state index contributed by atoms with van der Waals surface area (Å²) < 4.78 is 0. The normalized spacial score (nSPS) is 19.8. The molecule has 1 aliphatic carbocycles. The van der Waals surface area contributed by atoms with E-state index in [1.165, 1.54) is 4.90 Å². The number of nitrogens with one attached hydrogen (secondary N) is 2. The van der Waals surface area contributed by atoms with Crippen molar-refractivity contribution in [2.24, 2.45) is 5.41 Å². The van der Waals surface area contributed by atoms with E-state index in [9.17, 15) is 9.59 Å². The quantitative estimate of drug-likeness (QED) is 0.678. The minimum Gasteiger partial charge on any atom is -0.358 e. The summed E-state index contributed by atoms with van der Waals surface area (Å²) in [7, 11) is 1.64. The Morgan fingerprint density at radius 2 is 1.87 bits per heavy atom. The van der Waals surface area contributed by atoms with E-state index in [4.69, 9.17) is 0 Å². The molecular weight excluding hydrogens is 406 g/mol. The van der Waals surface area contributed by atoms with Crippen LogP contribution in [0.3, 0.4) is 0 Å². The van der Waals surface area contributed by atoms with Crippen LogP contribution >= 0.6 is 11.8 Å². The molecule has 5 nitrogen and oxygen atoms in total. The lowest BCUT2D eigenvalue weighted by Gasteiger charge is -2.37. The summed E-state index contributed by atoms with van der Waals surface area (Å²) in [4.78, 5) is 29.3. The van der Waals surface area contributed by atoms with Gasteiger partial charge in [-0.2, -0.15) is 0 Å². The van der Waals surface area contributed by atoms with Crippen LogP contribution in [0.4, 0.5) is 11.4 Å². The number of nitrogens with zero attached hydrogens (tertiary/aromatic N) is 1. The second-order valence-corrected chi connectivity index (χ2v) is 9.83. The highest BCUT2D eigenvalue weighted by Gasteiger charge is 2.41. The molecule has 1 amide bonds. The third-order valence-corrected chi connectivity index (χ3v) is 6.77. The number of ketones is 1. The standard InChI is InChI=1S/C25H29N3O2S/c1-25(2)13-19-23(21(29)14-25)24(16-9-11-17(31-4)12-10-16)28(15-22(30)26-3)20-8-6-5-7-18(20)27-19/h5-12,24,27H,13-15H2,1-4H3,(H,26,30)/t24-/m1/s1. The highest BCUT2D eigenvalue weighted by Crippen LogP contribution is 2.48. The van der Waals surface area contributed by atoms with Gasteiger partial charge in [-0.25, -0.2) is 0 Å². The van der Waals surface area contributed by atoms with E-state index >= 15 is 0 Å². The van der Waals surface area contributed by atoms with Gasteiger partial charge in [0.1, 0.15) is 0 Å². The first-order valence-electron chi connectivity index (χ1n) is 10.6. The number of allylic oxidation sites excluding steroid dienone is 1. The third-order valence-electron chi connectivity index (χ3n) is 6.03. The molecule has 4 rings (SSSR count). The van der Waals surface area contributed by atoms with Gasteiger partial charge in [-0.15, -0.1) is 11.8 Å². The molecule has 0 bridgehead atoms. The number of carbonyl (C=O) groups is 2. The maximum Gasteiger partial charge on any atom is 0.239 e. The van der Waals surface area contributed by atoms with Gasteiger partial charge in [0, 0.05) is 29.6 Å². The maximum absolute atomic E-state index is 13.5. The number of para-hydroxylation sites is 2. The van der Waals surface area contributed by atoms with Crippen LogP contribution < -0.4 is 15.5 Å². The Bertz CT molecular complexity index is 1040. The number of Topliss-reactive ketones (excluding diaryl/α,β-unsaturated/α-hetero) is 1. The predicted molar refractivity (Wildman–Crippen MR) is 127 cm³/mol. The summed E-state index contributed by atoms with van der Waals surface area (Å²) >= 11 is 1.69. The molecule has 0 fully saturated rings. The van der Waals surface area contributed by atoms with Crippen molar-refractivity contribution in [3.05, 3.63) is 65.4 Å². The number of anilines is 2. The van der Waals surface area contributed by atoms with Crippen LogP contribution in [-0.2, 0) is 9.59 Å². The third kappa shape index (κ3) is 4.22. The molecule has 2 N–H and O–H groups in total. The summed E-state index contributed by atoms with van der Waals surface area (Å²) in [6.07, 6.45) is 3.33.